The minimum Gasteiger partial charge on any atom is -0.338 e. The number of amides is 2. The van der Waals surface area contributed by atoms with Crippen molar-refractivity contribution in [3.8, 4) is 0 Å². The van der Waals surface area contributed by atoms with Gasteiger partial charge in [-0.05, 0) is 49.6 Å². The van der Waals surface area contributed by atoms with Gasteiger partial charge in [-0.1, -0.05) is 36.8 Å². The van der Waals surface area contributed by atoms with Gasteiger partial charge in [0, 0.05) is 18.7 Å². The first-order chi connectivity index (χ1) is 12.4. The maximum absolute atomic E-state index is 13.0. The van der Waals surface area contributed by atoms with Crippen LogP contribution in [0.4, 0.5) is 5.69 Å². The number of nitrogens with two attached hydrogens (primary N) is 1. The van der Waals surface area contributed by atoms with Crippen LogP contribution < -0.4 is 11.1 Å². The largest absolute Gasteiger partial charge is 0.338 e. The van der Waals surface area contributed by atoms with Crippen molar-refractivity contribution in [3.63, 3.8) is 0 Å². The molecule has 144 valence electrons. The van der Waals surface area contributed by atoms with Gasteiger partial charge in [0.25, 0.3) is 11.8 Å². The fourth-order valence-electron chi connectivity index (χ4n) is 3.29. The van der Waals surface area contributed by atoms with E-state index >= 15 is 0 Å². The van der Waals surface area contributed by atoms with Crippen molar-refractivity contribution in [1.82, 2.24) is 4.90 Å². The van der Waals surface area contributed by atoms with Crippen LogP contribution in [0.1, 0.15) is 39.6 Å². The van der Waals surface area contributed by atoms with Gasteiger partial charge in [0.1, 0.15) is 0 Å². The molecule has 1 unspecified atom stereocenters. The standard InChI is InChI=1S/C21H25N3O2.ClH/c1-15-6-5-7-16(12-15)19(25)23-18-9-4-3-8-17(18)20(26)24-11-10-21(2,13-22)14-24;/h3-9,12H,10-11,13-14,22H2,1-2H3,(H,23,25);1H. The number of halogens is 1. The van der Waals surface area contributed by atoms with Gasteiger partial charge < -0.3 is 16.0 Å². The highest BCUT2D eigenvalue weighted by Crippen LogP contribution is 2.30. The third-order valence-corrected chi connectivity index (χ3v) is 5.02. The van der Waals surface area contributed by atoms with Gasteiger partial charge in [-0.15, -0.1) is 12.4 Å². The molecule has 0 spiro atoms. The van der Waals surface area contributed by atoms with E-state index in [0.29, 0.717) is 36.4 Å². The molecule has 0 aromatic heterocycles. The number of para-hydroxylation sites is 1. The number of likely N-dealkylation sites (tertiary alicyclic amines) is 1. The number of nitrogens with one attached hydrogen (secondary N) is 1. The zero-order valence-electron chi connectivity index (χ0n) is 15.7. The highest BCUT2D eigenvalue weighted by Gasteiger charge is 2.35. The predicted octanol–water partition coefficient (Wildman–Crippen LogP) is 3.48. The first-order valence-corrected chi connectivity index (χ1v) is 8.88. The monoisotopic (exact) mass is 387 g/mol. The number of hydrogen-bond donors (Lipinski definition) is 2. The molecular weight excluding hydrogens is 362 g/mol. The molecule has 3 rings (SSSR count). The number of nitrogens with zero attached hydrogens (tertiary/aromatic N) is 1. The number of hydrogen-bond acceptors (Lipinski definition) is 3. The van der Waals surface area contributed by atoms with Crippen molar-refractivity contribution in [2.75, 3.05) is 25.0 Å². The summed E-state index contributed by atoms with van der Waals surface area (Å²) in [6.45, 7) is 5.93. The van der Waals surface area contributed by atoms with Crippen molar-refractivity contribution < 1.29 is 9.59 Å². The second kappa shape index (κ2) is 8.55. The summed E-state index contributed by atoms with van der Waals surface area (Å²) in [7, 11) is 0. The summed E-state index contributed by atoms with van der Waals surface area (Å²) in [6.07, 6.45) is 0.896. The van der Waals surface area contributed by atoms with Gasteiger partial charge in [-0.2, -0.15) is 0 Å². The molecule has 1 aliphatic rings. The Morgan fingerprint density at radius 2 is 1.93 bits per heavy atom. The van der Waals surface area contributed by atoms with E-state index in [1.165, 1.54) is 0 Å². The second-order valence-electron chi connectivity index (χ2n) is 7.36. The Bertz CT molecular complexity index is 840. The lowest BCUT2D eigenvalue weighted by Crippen LogP contribution is -2.34. The SMILES string of the molecule is Cc1cccc(C(=O)Nc2ccccc2C(=O)N2CCC(C)(CN)C2)c1.Cl. The van der Waals surface area contributed by atoms with Crippen LogP contribution >= 0.6 is 12.4 Å². The minimum atomic E-state index is -0.220. The lowest BCUT2D eigenvalue weighted by atomic mass is 9.90. The minimum absolute atomic E-state index is 0. The van der Waals surface area contributed by atoms with Crippen LogP contribution in [-0.2, 0) is 0 Å². The number of aryl methyl sites for hydroxylation is 1. The van der Waals surface area contributed by atoms with Gasteiger partial charge in [0.05, 0.1) is 11.3 Å². The molecule has 0 aliphatic carbocycles. The summed E-state index contributed by atoms with van der Waals surface area (Å²) in [4.78, 5) is 27.4. The quantitative estimate of drug-likeness (QED) is 0.843. The number of rotatable bonds is 4. The van der Waals surface area contributed by atoms with E-state index in [1.54, 1.807) is 18.2 Å². The first kappa shape index (κ1) is 20.9. The van der Waals surface area contributed by atoms with Crippen molar-refractivity contribution in [2.24, 2.45) is 11.1 Å². The summed E-state index contributed by atoms with van der Waals surface area (Å²) >= 11 is 0. The molecule has 1 aliphatic heterocycles. The van der Waals surface area contributed by atoms with E-state index in [4.69, 9.17) is 5.73 Å². The molecule has 1 atom stereocenters. The third-order valence-electron chi connectivity index (χ3n) is 5.02. The van der Waals surface area contributed by atoms with E-state index in [-0.39, 0.29) is 29.6 Å². The number of anilines is 1. The van der Waals surface area contributed by atoms with E-state index in [1.807, 2.05) is 42.2 Å². The third kappa shape index (κ3) is 4.67. The molecule has 2 aromatic rings. The number of carbonyl (C=O) groups excluding carboxylic acids is 2. The number of carbonyl (C=O) groups is 2. The Morgan fingerprint density at radius 3 is 2.59 bits per heavy atom. The van der Waals surface area contributed by atoms with E-state index in [0.717, 1.165) is 12.0 Å². The van der Waals surface area contributed by atoms with Crippen LogP contribution in [-0.4, -0.2) is 36.3 Å². The molecule has 2 amide bonds. The molecule has 6 heteroatoms. The van der Waals surface area contributed by atoms with Crippen LogP contribution in [0, 0.1) is 12.3 Å². The Morgan fingerprint density at radius 1 is 1.19 bits per heavy atom. The zero-order valence-corrected chi connectivity index (χ0v) is 16.5. The van der Waals surface area contributed by atoms with Crippen LogP contribution in [0.15, 0.2) is 48.5 Å². The fourth-order valence-corrected chi connectivity index (χ4v) is 3.29. The van der Waals surface area contributed by atoms with Crippen molar-refractivity contribution in [1.29, 1.82) is 0 Å². The van der Waals surface area contributed by atoms with Crippen LogP contribution in [0.3, 0.4) is 0 Å². The zero-order chi connectivity index (χ0) is 18.7. The van der Waals surface area contributed by atoms with Gasteiger partial charge in [-0.3, -0.25) is 9.59 Å². The summed E-state index contributed by atoms with van der Waals surface area (Å²) in [6, 6.07) is 14.5. The molecule has 5 nitrogen and oxygen atoms in total. The molecule has 0 saturated carbocycles. The Kier molecular flexibility index (Phi) is 6.63. The van der Waals surface area contributed by atoms with Gasteiger partial charge >= 0.3 is 0 Å². The Labute approximate surface area is 166 Å². The summed E-state index contributed by atoms with van der Waals surface area (Å²) in [5.74, 6) is -0.288. The average Bonchev–Trinajstić information content (AvgIpc) is 3.04. The van der Waals surface area contributed by atoms with Crippen LogP contribution in [0.2, 0.25) is 0 Å². The predicted molar refractivity (Wildman–Crippen MR) is 111 cm³/mol. The first-order valence-electron chi connectivity index (χ1n) is 8.88. The second-order valence-corrected chi connectivity index (χ2v) is 7.36. The Balaban J connectivity index is 0.00000261. The van der Waals surface area contributed by atoms with Crippen LogP contribution in [0.5, 0.6) is 0 Å². The maximum atomic E-state index is 13.0. The van der Waals surface area contributed by atoms with Gasteiger partial charge in [0.15, 0.2) is 0 Å². The molecule has 27 heavy (non-hydrogen) atoms. The van der Waals surface area contributed by atoms with Crippen molar-refractivity contribution in [2.45, 2.75) is 20.3 Å². The lowest BCUT2D eigenvalue weighted by Gasteiger charge is -2.23. The average molecular weight is 388 g/mol. The van der Waals surface area contributed by atoms with Crippen LogP contribution in [0.25, 0.3) is 0 Å². The smallest absolute Gasteiger partial charge is 0.255 e. The normalized spacial score (nSPS) is 18.7. The molecule has 0 bridgehead atoms. The van der Waals surface area contributed by atoms with Crippen molar-refractivity contribution in [3.05, 3.63) is 65.2 Å². The van der Waals surface area contributed by atoms with Gasteiger partial charge in [0.2, 0.25) is 0 Å². The Hall–Kier alpha value is -2.37. The molecule has 1 heterocycles. The van der Waals surface area contributed by atoms with E-state index in [2.05, 4.69) is 12.2 Å². The maximum Gasteiger partial charge on any atom is 0.255 e. The highest BCUT2D eigenvalue weighted by molar-refractivity contribution is 6.09. The summed E-state index contributed by atoms with van der Waals surface area (Å²) in [5, 5.41) is 2.88. The van der Waals surface area contributed by atoms with E-state index in [9.17, 15) is 9.59 Å². The summed E-state index contributed by atoms with van der Waals surface area (Å²) in [5.41, 5.74) is 8.44. The fraction of sp³-hybridized carbons (Fsp3) is 0.333. The topological polar surface area (TPSA) is 75.4 Å². The molecule has 1 fully saturated rings. The van der Waals surface area contributed by atoms with Gasteiger partial charge in [-0.25, -0.2) is 0 Å². The molecule has 2 aromatic carbocycles. The molecular formula is C21H26ClN3O2. The lowest BCUT2D eigenvalue weighted by molar-refractivity contribution is 0.0778. The molecule has 3 N–H and O–H groups in total. The number of benzene rings is 2. The van der Waals surface area contributed by atoms with Crippen molar-refractivity contribution >= 4 is 29.9 Å². The molecule has 0 radical (unpaired) electrons. The summed E-state index contributed by atoms with van der Waals surface area (Å²) < 4.78 is 0. The highest BCUT2D eigenvalue weighted by atomic mass is 35.5. The van der Waals surface area contributed by atoms with E-state index < -0.39 is 0 Å². The molecule has 1 saturated heterocycles.